The van der Waals surface area contributed by atoms with E-state index in [4.69, 9.17) is 0 Å². The molecule has 28 heavy (non-hydrogen) atoms. The number of imidazole rings is 1. The summed E-state index contributed by atoms with van der Waals surface area (Å²) < 4.78 is 2.12. The third kappa shape index (κ3) is 3.99. The molecule has 2 heterocycles. The molecule has 0 saturated carbocycles. The number of nitrogens with zero attached hydrogens (tertiary/aromatic N) is 2. The van der Waals surface area contributed by atoms with Gasteiger partial charge in [-0.15, -0.1) is 0 Å². The Kier molecular flexibility index (Phi) is 5.26. The molecule has 2 N–H and O–H groups in total. The van der Waals surface area contributed by atoms with E-state index in [1.807, 2.05) is 43.6 Å². The Hall–Kier alpha value is -2.92. The number of hydrogen-bond acceptors (Lipinski definition) is 3. The smallest absolute Gasteiger partial charge is 0.255 e. The highest BCUT2D eigenvalue weighted by atomic mass is 16.1. The number of anilines is 1. The molecule has 5 heteroatoms. The topological polar surface area (TPSA) is 59.0 Å². The lowest BCUT2D eigenvalue weighted by molar-refractivity contribution is 0.102. The van der Waals surface area contributed by atoms with E-state index in [-0.39, 0.29) is 5.91 Å². The predicted octanol–water partition coefficient (Wildman–Crippen LogP) is 3.49. The van der Waals surface area contributed by atoms with E-state index in [0.717, 1.165) is 55.1 Å². The van der Waals surface area contributed by atoms with Crippen molar-refractivity contribution in [3.05, 3.63) is 82.4 Å². The van der Waals surface area contributed by atoms with Crippen LogP contribution in [0.25, 0.3) is 0 Å². The second kappa shape index (κ2) is 7.98. The molecule has 0 bridgehead atoms. The summed E-state index contributed by atoms with van der Waals surface area (Å²) in [6, 6.07) is 14.1. The number of rotatable bonds is 4. The third-order valence-electron chi connectivity index (χ3n) is 5.49. The fourth-order valence-electron chi connectivity index (χ4n) is 3.67. The standard InChI is InChI=1S/C23H26N4O/c1-16-17(2)27(15-25-16)14-18-4-3-5-22(12-18)26-23(28)21-7-6-19-8-10-24-11-9-20(19)13-21/h3-7,12-13,15,24H,8-11,14H2,1-2H3,(H,26,28). The molecule has 0 fully saturated rings. The predicted molar refractivity (Wildman–Crippen MR) is 112 cm³/mol. The van der Waals surface area contributed by atoms with E-state index in [0.29, 0.717) is 5.56 Å². The van der Waals surface area contributed by atoms with E-state index in [9.17, 15) is 4.79 Å². The quantitative estimate of drug-likeness (QED) is 0.735. The maximum Gasteiger partial charge on any atom is 0.255 e. The van der Waals surface area contributed by atoms with Crippen LogP contribution >= 0.6 is 0 Å². The van der Waals surface area contributed by atoms with Gasteiger partial charge in [0.15, 0.2) is 0 Å². The first-order valence-corrected chi connectivity index (χ1v) is 9.81. The van der Waals surface area contributed by atoms with Crippen LogP contribution in [0.1, 0.15) is 38.4 Å². The lowest BCUT2D eigenvalue weighted by Crippen LogP contribution is -2.16. The highest BCUT2D eigenvalue weighted by Crippen LogP contribution is 2.18. The zero-order valence-corrected chi connectivity index (χ0v) is 16.5. The lowest BCUT2D eigenvalue weighted by atomic mass is 10.00. The Morgan fingerprint density at radius 3 is 2.71 bits per heavy atom. The van der Waals surface area contributed by atoms with E-state index in [1.165, 1.54) is 11.1 Å². The first-order valence-electron chi connectivity index (χ1n) is 9.81. The minimum Gasteiger partial charge on any atom is -0.330 e. The summed E-state index contributed by atoms with van der Waals surface area (Å²) in [5.41, 5.74) is 7.48. The van der Waals surface area contributed by atoms with E-state index in [2.05, 4.69) is 39.2 Å². The van der Waals surface area contributed by atoms with Crippen molar-refractivity contribution in [1.29, 1.82) is 0 Å². The molecule has 0 atom stereocenters. The molecule has 1 aliphatic heterocycles. The van der Waals surface area contributed by atoms with Crippen molar-refractivity contribution in [3.8, 4) is 0 Å². The molecule has 2 aromatic carbocycles. The molecule has 0 radical (unpaired) electrons. The zero-order valence-electron chi connectivity index (χ0n) is 16.5. The first kappa shape index (κ1) is 18.4. The molecule has 0 aliphatic carbocycles. The molecule has 3 aromatic rings. The van der Waals surface area contributed by atoms with Gasteiger partial charge in [-0.2, -0.15) is 0 Å². The fourth-order valence-corrected chi connectivity index (χ4v) is 3.67. The zero-order chi connectivity index (χ0) is 19.5. The number of aryl methyl sites for hydroxylation is 1. The van der Waals surface area contributed by atoms with Crippen molar-refractivity contribution >= 4 is 11.6 Å². The van der Waals surface area contributed by atoms with Gasteiger partial charge in [-0.05, 0) is 80.7 Å². The molecular formula is C23H26N4O. The van der Waals surface area contributed by atoms with E-state index in [1.54, 1.807) is 0 Å². The van der Waals surface area contributed by atoms with Crippen LogP contribution < -0.4 is 10.6 Å². The SMILES string of the molecule is Cc1ncn(Cc2cccc(NC(=O)c3ccc4c(c3)CCNCC4)c2)c1C. The molecule has 0 spiro atoms. The van der Waals surface area contributed by atoms with Crippen LogP contribution in [0, 0.1) is 13.8 Å². The van der Waals surface area contributed by atoms with Gasteiger partial charge in [0, 0.05) is 23.5 Å². The molecule has 5 nitrogen and oxygen atoms in total. The molecule has 0 unspecified atom stereocenters. The summed E-state index contributed by atoms with van der Waals surface area (Å²) in [7, 11) is 0. The highest BCUT2D eigenvalue weighted by molar-refractivity contribution is 6.04. The summed E-state index contributed by atoms with van der Waals surface area (Å²) in [5.74, 6) is -0.0631. The Morgan fingerprint density at radius 1 is 1.11 bits per heavy atom. The fraction of sp³-hybridized carbons (Fsp3) is 0.304. The average Bonchev–Trinajstić information content (AvgIpc) is 2.89. The number of carbonyl (C=O) groups is 1. The van der Waals surface area contributed by atoms with Crippen molar-refractivity contribution < 1.29 is 4.79 Å². The van der Waals surface area contributed by atoms with Gasteiger partial charge >= 0.3 is 0 Å². The third-order valence-corrected chi connectivity index (χ3v) is 5.49. The normalized spacial score (nSPS) is 13.6. The average molecular weight is 374 g/mol. The molecule has 0 saturated heterocycles. The van der Waals surface area contributed by atoms with Gasteiger partial charge < -0.3 is 15.2 Å². The lowest BCUT2D eigenvalue weighted by Gasteiger charge is -2.11. The van der Waals surface area contributed by atoms with Gasteiger partial charge in [0.1, 0.15) is 0 Å². The van der Waals surface area contributed by atoms with Gasteiger partial charge in [0.2, 0.25) is 0 Å². The van der Waals surface area contributed by atoms with Gasteiger partial charge in [-0.25, -0.2) is 4.98 Å². The Labute approximate surface area is 165 Å². The minimum absolute atomic E-state index is 0.0631. The van der Waals surface area contributed by atoms with Crippen LogP contribution in [0.15, 0.2) is 48.8 Å². The molecule has 1 aromatic heterocycles. The number of carbonyl (C=O) groups excluding carboxylic acids is 1. The van der Waals surface area contributed by atoms with E-state index >= 15 is 0 Å². The number of nitrogens with one attached hydrogen (secondary N) is 2. The number of fused-ring (bicyclic) bond motifs is 1. The van der Waals surface area contributed by atoms with Crippen LogP contribution in [-0.2, 0) is 19.4 Å². The largest absolute Gasteiger partial charge is 0.330 e. The van der Waals surface area contributed by atoms with Crippen molar-refractivity contribution in [3.63, 3.8) is 0 Å². The second-order valence-corrected chi connectivity index (χ2v) is 7.43. The Bertz CT molecular complexity index is 1010. The van der Waals surface area contributed by atoms with Crippen molar-refractivity contribution in [1.82, 2.24) is 14.9 Å². The summed E-state index contributed by atoms with van der Waals surface area (Å²) in [4.78, 5) is 17.1. The summed E-state index contributed by atoms with van der Waals surface area (Å²) in [5, 5.41) is 6.45. The summed E-state index contributed by atoms with van der Waals surface area (Å²) in [6.45, 7) is 6.79. The maximum atomic E-state index is 12.8. The second-order valence-electron chi connectivity index (χ2n) is 7.43. The monoisotopic (exact) mass is 374 g/mol. The highest BCUT2D eigenvalue weighted by Gasteiger charge is 2.12. The molecule has 4 rings (SSSR count). The number of hydrogen-bond donors (Lipinski definition) is 2. The summed E-state index contributed by atoms with van der Waals surface area (Å²) in [6.07, 6.45) is 3.85. The Morgan fingerprint density at radius 2 is 1.93 bits per heavy atom. The Balaban J connectivity index is 1.49. The summed E-state index contributed by atoms with van der Waals surface area (Å²) >= 11 is 0. The number of amides is 1. The van der Waals surface area contributed by atoms with E-state index < -0.39 is 0 Å². The molecule has 1 amide bonds. The molecular weight excluding hydrogens is 348 g/mol. The van der Waals surface area contributed by atoms with Crippen molar-refractivity contribution in [2.24, 2.45) is 0 Å². The van der Waals surface area contributed by atoms with Crippen LogP contribution in [0.5, 0.6) is 0 Å². The van der Waals surface area contributed by atoms with Crippen molar-refractivity contribution in [2.75, 3.05) is 18.4 Å². The van der Waals surface area contributed by atoms with Gasteiger partial charge in [-0.1, -0.05) is 18.2 Å². The maximum absolute atomic E-state index is 12.8. The van der Waals surface area contributed by atoms with Gasteiger partial charge in [0.25, 0.3) is 5.91 Å². The van der Waals surface area contributed by atoms with Crippen molar-refractivity contribution in [2.45, 2.75) is 33.2 Å². The first-order chi connectivity index (χ1) is 13.6. The number of aromatic nitrogens is 2. The van der Waals surface area contributed by atoms with Crippen LogP contribution in [0.3, 0.4) is 0 Å². The molecule has 144 valence electrons. The van der Waals surface area contributed by atoms with Crippen LogP contribution in [0.4, 0.5) is 5.69 Å². The number of benzene rings is 2. The van der Waals surface area contributed by atoms with Crippen LogP contribution in [-0.4, -0.2) is 28.5 Å². The van der Waals surface area contributed by atoms with Crippen LogP contribution in [0.2, 0.25) is 0 Å². The molecule has 1 aliphatic rings. The van der Waals surface area contributed by atoms with Gasteiger partial charge in [-0.3, -0.25) is 4.79 Å². The van der Waals surface area contributed by atoms with Gasteiger partial charge in [0.05, 0.1) is 12.0 Å². The minimum atomic E-state index is -0.0631.